The largest absolute Gasteiger partial charge is 0.393 e. The highest BCUT2D eigenvalue weighted by Crippen LogP contribution is 2.32. The monoisotopic (exact) mass is 429 g/mol. The molecule has 2 amide bonds. The molecule has 166 valence electrons. The van der Waals surface area contributed by atoms with Crippen LogP contribution < -0.4 is 10.6 Å². The average Bonchev–Trinajstić information content (AvgIpc) is 2.92. The number of nitrogens with zero attached hydrogens (tertiary/aromatic N) is 1. The molecular weight excluding hydrogens is 401 g/mol. The van der Waals surface area contributed by atoms with E-state index < -0.39 is 29.2 Å². The maximum atomic E-state index is 13.5. The van der Waals surface area contributed by atoms with Crippen molar-refractivity contribution >= 4 is 23.3 Å². The van der Waals surface area contributed by atoms with Gasteiger partial charge < -0.3 is 20.3 Å². The second-order valence-electron chi connectivity index (χ2n) is 8.53. The van der Waals surface area contributed by atoms with Crippen molar-refractivity contribution in [3.63, 3.8) is 0 Å². The number of rotatable bonds is 6. The number of benzene rings is 1. The van der Waals surface area contributed by atoms with Gasteiger partial charge in [0.25, 0.3) is 17.6 Å². The third kappa shape index (κ3) is 4.25. The lowest BCUT2D eigenvalue weighted by atomic mass is 9.76. The molecule has 1 saturated carbocycles. The van der Waals surface area contributed by atoms with Crippen LogP contribution in [0.2, 0.25) is 0 Å². The number of hydrogen-bond donors (Lipinski definition) is 3. The van der Waals surface area contributed by atoms with Crippen LogP contribution in [0.15, 0.2) is 18.2 Å². The van der Waals surface area contributed by atoms with Gasteiger partial charge in [0.1, 0.15) is 5.82 Å². The van der Waals surface area contributed by atoms with E-state index in [0.29, 0.717) is 47.3 Å². The van der Waals surface area contributed by atoms with E-state index in [1.165, 1.54) is 18.2 Å². The Morgan fingerprint density at radius 1 is 1.26 bits per heavy atom. The highest BCUT2D eigenvalue weighted by atomic mass is 19.1. The van der Waals surface area contributed by atoms with Crippen molar-refractivity contribution in [2.75, 3.05) is 5.32 Å². The first-order valence-corrected chi connectivity index (χ1v) is 10.3. The van der Waals surface area contributed by atoms with Crippen LogP contribution in [0.1, 0.15) is 64.4 Å². The maximum absolute atomic E-state index is 13.5. The highest BCUT2D eigenvalue weighted by molar-refractivity contribution is 6.43. The molecule has 1 aromatic carbocycles. The number of aliphatic hydroxyl groups is 1. The smallest absolute Gasteiger partial charge is 0.294 e. The van der Waals surface area contributed by atoms with Crippen LogP contribution in [0, 0.1) is 19.7 Å². The lowest BCUT2D eigenvalue weighted by Gasteiger charge is -2.42. The van der Waals surface area contributed by atoms with Gasteiger partial charge in [-0.2, -0.15) is 0 Å². The lowest BCUT2D eigenvalue weighted by molar-refractivity contribution is -0.121. The predicted octanol–water partition coefficient (Wildman–Crippen LogP) is 2.81. The number of aromatic nitrogens is 1. The zero-order chi connectivity index (χ0) is 23.1. The van der Waals surface area contributed by atoms with Gasteiger partial charge in [-0.15, -0.1) is 0 Å². The fourth-order valence-corrected chi connectivity index (χ4v) is 4.36. The van der Waals surface area contributed by atoms with E-state index in [1.54, 1.807) is 32.4 Å². The van der Waals surface area contributed by atoms with Gasteiger partial charge in [-0.05, 0) is 69.4 Å². The first kappa shape index (κ1) is 22.7. The fourth-order valence-electron chi connectivity index (χ4n) is 4.36. The van der Waals surface area contributed by atoms with Gasteiger partial charge in [0.2, 0.25) is 0 Å². The third-order valence-electron chi connectivity index (χ3n) is 5.95. The van der Waals surface area contributed by atoms with Crippen molar-refractivity contribution in [1.29, 1.82) is 0 Å². The van der Waals surface area contributed by atoms with Crippen LogP contribution in [0.25, 0.3) is 0 Å². The number of carbonyl (C=O) groups excluding carboxylic acids is 3. The van der Waals surface area contributed by atoms with Crippen LogP contribution >= 0.6 is 0 Å². The fraction of sp³-hybridized carbons (Fsp3) is 0.435. The number of aryl methyl sites for hydroxylation is 1. The lowest BCUT2D eigenvalue weighted by Crippen LogP contribution is -2.58. The Hall–Kier alpha value is -3.00. The first-order valence-electron chi connectivity index (χ1n) is 10.3. The Bertz CT molecular complexity index is 1070. The van der Waals surface area contributed by atoms with Crippen LogP contribution in [0.4, 0.5) is 10.1 Å². The molecule has 1 heterocycles. The van der Waals surface area contributed by atoms with Gasteiger partial charge in [-0.3, -0.25) is 14.4 Å². The van der Waals surface area contributed by atoms with Gasteiger partial charge >= 0.3 is 0 Å². The van der Waals surface area contributed by atoms with Crippen LogP contribution in [0.5, 0.6) is 0 Å². The van der Waals surface area contributed by atoms with Crippen LogP contribution in [-0.2, 0) is 18.3 Å². The summed E-state index contributed by atoms with van der Waals surface area (Å²) in [5.74, 6) is -2.28. The summed E-state index contributed by atoms with van der Waals surface area (Å²) in [7, 11) is 1.65. The molecule has 1 fully saturated rings. The van der Waals surface area contributed by atoms with E-state index in [-0.39, 0.29) is 11.5 Å². The molecule has 0 aliphatic heterocycles. The van der Waals surface area contributed by atoms with E-state index in [4.69, 9.17) is 0 Å². The minimum Gasteiger partial charge on any atom is -0.393 e. The zero-order valence-corrected chi connectivity index (χ0v) is 18.4. The Morgan fingerprint density at radius 2 is 1.90 bits per heavy atom. The van der Waals surface area contributed by atoms with Crippen LogP contribution in [-0.4, -0.2) is 38.9 Å². The molecule has 0 bridgehead atoms. The number of anilines is 1. The van der Waals surface area contributed by atoms with Gasteiger partial charge in [0, 0.05) is 24.0 Å². The summed E-state index contributed by atoms with van der Waals surface area (Å²) in [5, 5.41) is 15.0. The van der Waals surface area contributed by atoms with Crippen molar-refractivity contribution in [1.82, 2.24) is 9.88 Å². The number of amides is 2. The second-order valence-corrected chi connectivity index (χ2v) is 8.53. The number of carbonyl (C=O) groups is 3. The summed E-state index contributed by atoms with van der Waals surface area (Å²) in [6.07, 6.45) is 0.780. The number of aliphatic hydroxyl groups excluding tert-OH is 1. The normalized spacial score (nSPS) is 20.2. The molecule has 0 radical (unpaired) electrons. The van der Waals surface area contributed by atoms with E-state index >= 15 is 0 Å². The number of Topliss-reactive ketones (excluding diaryl/α,β-unsaturated/α-hetero) is 1. The molecule has 3 N–H and O–H groups in total. The van der Waals surface area contributed by atoms with E-state index in [1.807, 2.05) is 6.92 Å². The molecule has 0 unspecified atom stereocenters. The number of halogens is 1. The number of hydrogen-bond acceptors (Lipinski definition) is 4. The molecule has 0 atom stereocenters. The van der Waals surface area contributed by atoms with Crippen molar-refractivity contribution in [3.8, 4) is 0 Å². The molecule has 2 aromatic rings. The Balaban J connectivity index is 1.89. The average molecular weight is 429 g/mol. The van der Waals surface area contributed by atoms with Crippen molar-refractivity contribution in [2.24, 2.45) is 7.05 Å². The van der Waals surface area contributed by atoms with Gasteiger partial charge in [0.05, 0.1) is 17.4 Å². The van der Waals surface area contributed by atoms with Crippen molar-refractivity contribution in [2.45, 2.75) is 58.6 Å². The quantitative estimate of drug-likeness (QED) is 0.486. The first-order chi connectivity index (χ1) is 14.5. The Morgan fingerprint density at radius 3 is 2.45 bits per heavy atom. The zero-order valence-electron chi connectivity index (χ0n) is 18.4. The molecule has 0 spiro atoms. The van der Waals surface area contributed by atoms with E-state index in [9.17, 15) is 23.9 Å². The summed E-state index contributed by atoms with van der Waals surface area (Å²) in [6.45, 7) is 6.88. The Labute approximate surface area is 180 Å². The van der Waals surface area contributed by atoms with Crippen molar-refractivity contribution < 1.29 is 23.9 Å². The third-order valence-corrected chi connectivity index (χ3v) is 5.95. The molecule has 8 heteroatoms. The number of ketones is 1. The minimum absolute atomic E-state index is 0.151. The molecule has 1 aliphatic carbocycles. The molecule has 1 aliphatic rings. The summed E-state index contributed by atoms with van der Waals surface area (Å²) in [4.78, 5) is 38.6. The van der Waals surface area contributed by atoms with Gasteiger partial charge in [-0.25, -0.2) is 4.39 Å². The molecule has 0 saturated heterocycles. The summed E-state index contributed by atoms with van der Waals surface area (Å²) >= 11 is 0. The van der Waals surface area contributed by atoms with Gasteiger partial charge in [-0.1, -0.05) is 6.92 Å². The van der Waals surface area contributed by atoms with Gasteiger partial charge in [0.15, 0.2) is 0 Å². The minimum atomic E-state index is -0.762. The summed E-state index contributed by atoms with van der Waals surface area (Å²) < 4.78 is 15.1. The summed E-state index contributed by atoms with van der Waals surface area (Å²) in [5.41, 5.74) is 1.74. The molecule has 1 aromatic heterocycles. The summed E-state index contributed by atoms with van der Waals surface area (Å²) in [6, 6.07) is 4.28. The molecular formula is C23H28FN3O4. The number of nitrogens with one attached hydrogen (secondary N) is 2. The Kier molecular flexibility index (Phi) is 6.04. The predicted molar refractivity (Wildman–Crippen MR) is 115 cm³/mol. The SMILES string of the molecule is CCc1c(C(=O)Nc2ccc(F)c(C)c2)c(C)c(C(=O)C(=O)NC2(C)CC(O)C2)n1C. The maximum Gasteiger partial charge on any atom is 0.294 e. The molecule has 7 nitrogen and oxygen atoms in total. The van der Waals surface area contributed by atoms with E-state index in [0.717, 1.165) is 0 Å². The molecule has 31 heavy (non-hydrogen) atoms. The standard InChI is InChI=1S/C23H28FN3O4/c1-6-17-18(21(30)25-14-7-8-16(24)12(2)9-14)13(3)19(27(17)5)20(29)22(31)26-23(4)10-15(28)11-23/h7-9,15,28H,6,10-11H2,1-5H3,(H,25,30)(H,26,31). The van der Waals surface area contributed by atoms with E-state index in [2.05, 4.69) is 10.6 Å². The molecule has 3 rings (SSSR count). The van der Waals surface area contributed by atoms with Crippen LogP contribution in [0.3, 0.4) is 0 Å². The van der Waals surface area contributed by atoms with Crippen molar-refractivity contribution in [3.05, 3.63) is 52.1 Å². The topological polar surface area (TPSA) is 100 Å². The second kappa shape index (κ2) is 8.26. The highest BCUT2D eigenvalue weighted by Gasteiger charge is 2.42.